The maximum atomic E-state index is 12.3. The van der Waals surface area contributed by atoms with Gasteiger partial charge in [-0.15, -0.1) is 0 Å². The topological polar surface area (TPSA) is 58.8 Å². The lowest BCUT2D eigenvalue weighted by Gasteiger charge is -2.36. The predicted molar refractivity (Wildman–Crippen MR) is 65.4 cm³/mol. The lowest BCUT2D eigenvalue weighted by Crippen LogP contribution is -2.52. The molecule has 0 bridgehead atoms. The Balaban J connectivity index is 2.10. The van der Waals surface area contributed by atoms with E-state index in [1.165, 1.54) is 0 Å². The lowest BCUT2D eigenvalue weighted by atomic mass is 10.2. The lowest BCUT2D eigenvalue weighted by molar-refractivity contribution is -0.00877. The van der Waals surface area contributed by atoms with Crippen molar-refractivity contribution in [3.63, 3.8) is 0 Å². The molecule has 1 aromatic rings. The molecule has 1 aliphatic heterocycles. The number of aromatic nitrogens is 1. The van der Waals surface area contributed by atoms with Gasteiger partial charge in [0.1, 0.15) is 5.76 Å². The predicted octanol–water partition coefficient (Wildman–Crippen LogP) is 0.386. The Bertz CT molecular complexity index is 416. The first-order chi connectivity index (χ1) is 8.58. The van der Waals surface area contributed by atoms with Gasteiger partial charge in [0, 0.05) is 19.2 Å². The fourth-order valence-corrected chi connectivity index (χ4v) is 2.11. The summed E-state index contributed by atoms with van der Waals surface area (Å²) in [7, 11) is 3.97. The first-order valence-electron chi connectivity index (χ1n) is 6.04. The van der Waals surface area contributed by atoms with Crippen LogP contribution in [-0.2, 0) is 4.74 Å². The van der Waals surface area contributed by atoms with E-state index in [1.807, 2.05) is 23.9 Å². The molecule has 1 atom stereocenters. The SMILES string of the molecule is Cc1cc(C(=O)N2CCOCC2CN(C)C)no1. The van der Waals surface area contributed by atoms with E-state index in [0.29, 0.717) is 31.2 Å². The summed E-state index contributed by atoms with van der Waals surface area (Å²) in [5.74, 6) is 0.567. The van der Waals surface area contributed by atoms with E-state index in [2.05, 4.69) is 5.16 Å². The van der Waals surface area contributed by atoms with Crippen LogP contribution in [0.3, 0.4) is 0 Å². The quantitative estimate of drug-likeness (QED) is 0.779. The minimum absolute atomic E-state index is 0.0678. The molecule has 0 radical (unpaired) electrons. The highest BCUT2D eigenvalue weighted by molar-refractivity contribution is 5.92. The maximum Gasteiger partial charge on any atom is 0.276 e. The van der Waals surface area contributed by atoms with E-state index in [-0.39, 0.29) is 11.9 Å². The number of hydrogen-bond donors (Lipinski definition) is 0. The number of aryl methyl sites for hydroxylation is 1. The molecule has 1 aliphatic rings. The van der Waals surface area contributed by atoms with Crippen molar-refractivity contribution in [3.8, 4) is 0 Å². The summed E-state index contributed by atoms with van der Waals surface area (Å²) in [4.78, 5) is 16.2. The molecule has 1 saturated heterocycles. The van der Waals surface area contributed by atoms with Gasteiger partial charge >= 0.3 is 0 Å². The zero-order valence-corrected chi connectivity index (χ0v) is 11.0. The zero-order valence-electron chi connectivity index (χ0n) is 11.0. The molecule has 6 nitrogen and oxygen atoms in total. The molecule has 2 heterocycles. The Hall–Kier alpha value is -1.40. The standard InChI is InChI=1S/C12H19N3O3/c1-9-6-11(13-18-9)12(16)15-4-5-17-8-10(15)7-14(2)3/h6,10H,4-5,7-8H2,1-3H3. The van der Waals surface area contributed by atoms with Gasteiger partial charge in [-0.05, 0) is 21.0 Å². The van der Waals surface area contributed by atoms with Crippen LogP contribution in [-0.4, -0.2) is 67.3 Å². The van der Waals surface area contributed by atoms with Gasteiger partial charge in [0.15, 0.2) is 5.69 Å². The van der Waals surface area contributed by atoms with Crippen LogP contribution in [0.15, 0.2) is 10.6 Å². The molecule has 0 N–H and O–H groups in total. The molecular weight excluding hydrogens is 234 g/mol. The van der Waals surface area contributed by atoms with E-state index in [9.17, 15) is 4.79 Å². The number of carbonyl (C=O) groups is 1. The van der Waals surface area contributed by atoms with Crippen molar-refractivity contribution in [3.05, 3.63) is 17.5 Å². The largest absolute Gasteiger partial charge is 0.377 e. The van der Waals surface area contributed by atoms with Gasteiger partial charge in [-0.25, -0.2) is 0 Å². The van der Waals surface area contributed by atoms with Crippen molar-refractivity contribution in [2.75, 3.05) is 40.4 Å². The summed E-state index contributed by atoms with van der Waals surface area (Å²) in [5.41, 5.74) is 0.373. The second kappa shape index (κ2) is 5.49. The van der Waals surface area contributed by atoms with Gasteiger partial charge in [-0.3, -0.25) is 4.79 Å². The second-order valence-electron chi connectivity index (χ2n) is 4.81. The molecule has 1 fully saturated rings. The van der Waals surface area contributed by atoms with Gasteiger partial charge in [-0.2, -0.15) is 0 Å². The van der Waals surface area contributed by atoms with Crippen molar-refractivity contribution < 1.29 is 14.1 Å². The van der Waals surface area contributed by atoms with E-state index >= 15 is 0 Å². The number of ether oxygens (including phenoxy) is 1. The van der Waals surface area contributed by atoms with Gasteiger partial charge in [0.2, 0.25) is 0 Å². The Morgan fingerprint density at radius 2 is 2.39 bits per heavy atom. The third-order valence-corrected chi connectivity index (χ3v) is 2.91. The summed E-state index contributed by atoms with van der Waals surface area (Å²) >= 11 is 0. The first kappa shape index (κ1) is 13.0. The van der Waals surface area contributed by atoms with Crippen LogP contribution in [0.2, 0.25) is 0 Å². The van der Waals surface area contributed by atoms with E-state index in [0.717, 1.165) is 6.54 Å². The molecule has 0 spiro atoms. The van der Waals surface area contributed by atoms with Crippen molar-refractivity contribution in [2.24, 2.45) is 0 Å². The van der Waals surface area contributed by atoms with E-state index in [1.54, 1.807) is 13.0 Å². The van der Waals surface area contributed by atoms with Crippen molar-refractivity contribution >= 4 is 5.91 Å². The average molecular weight is 253 g/mol. The van der Waals surface area contributed by atoms with Crippen LogP contribution >= 0.6 is 0 Å². The number of rotatable bonds is 3. The minimum atomic E-state index is -0.0815. The van der Waals surface area contributed by atoms with Crippen molar-refractivity contribution in [1.82, 2.24) is 15.0 Å². The number of nitrogens with zero attached hydrogens (tertiary/aromatic N) is 3. The fourth-order valence-electron chi connectivity index (χ4n) is 2.11. The van der Waals surface area contributed by atoms with Crippen LogP contribution in [0.1, 0.15) is 16.2 Å². The summed E-state index contributed by atoms with van der Waals surface area (Å²) in [6.45, 7) is 4.31. The fraction of sp³-hybridized carbons (Fsp3) is 0.667. The molecule has 1 aromatic heterocycles. The molecule has 0 aromatic carbocycles. The monoisotopic (exact) mass is 253 g/mol. The van der Waals surface area contributed by atoms with E-state index < -0.39 is 0 Å². The van der Waals surface area contributed by atoms with Crippen molar-refractivity contribution in [2.45, 2.75) is 13.0 Å². The number of amides is 1. The Morgan fingerprint density at radius 3 is 3.00 bits per heavy atom. The highest BCUT2D eigenvalue weighted by Crippen LogP contribution is 2.13. The summed E-state index contributed by atoms with van der Waals surface area (Å²) in [6, 6.07) is 1.74. The molecule has 100 valence electrons. The number of carbonyl (C=O) groups excluding carboxylic acids is 1. The molecule has 1 amide bonds. The average Bonchev–Trinajstić information content (AvgIpc) is 2.75. The number of hydrogen-bond acceptors (Lipinski definition) is 5. The van der Waals surface area contributed by atoms with Crippen LogP contribution < -0.4 is 0 Å². The maximum absolute atomic E-state index is 12.3. The van der Waals surface area contributed by atoms with Crippen molar-refractivity contribution in [1.29, 1.82) is 0 Å². The number of likely N-dealkylation sites (N-methyl/N-ethyl adjacent to an activating group) is 1. The molecule has 2 rings (SSSR count). The molecular formula is C12H19N3O3. The van der Waals surface area contributed by atoms with Crippen LogP contribution in [0.25, 0.3) is 0 Å². The first-order valence-corrected chi connectivity index (χ1v) is 6.04. The highest BCUT2D eigenvalue weighted by atomic mass is 16.5. The molecule has 1 unspecified atom stereocenters. The Kier molecular flexibility index (Phi) is 3.98. The highest BCUT2D eigenvalue weighted by Gasteiger charge is 2.29. The van der Waals surface area contributed by atoms with Gasteiger partial charge in [0.25, 0.3) is 5.91 Å². The van der Waals surface area contributed by atoms with Gasteiger partial charge < -0.3 is 19.1 Å². The summed E-state index contributed by atoms with van der Waals surface area (Å²) in [6.07, 6.45) is 0. The molecule has 18 heavy (non-hydrogen) atoms. The van der Waals surface area contributed by atoms with Crippen LogP contribution in [0.5, 0.6) is 0 Å². The Labute approximate surface area is 106 Å². The second-order valence-corrected chi connectivity index (χ2v) is 4.81. The normalized spacial score (nSPS) is 20.4. The summed E-state index contributed by atoms with van der Waals surface area (Å²) < 4.78 is 10.4. The van der Waals surface area contributed by atoms with Gasteiger partial charge in [-0.1, -0.05) is 5.16 Å². The minimum Gasteiger partial charge on any atom is -0.377 e. The third kappa shape index (κ3) is 2.88. The zero-order chi connectivity index (χ0) is 13.1. The third-order valence-electron chi connectivity index (χ3n) is 2.91. The van der Waals surface area contributed by atoms with Crippen LogP contribution in [0.4, 0.5) is 0 Å². The van der Waals surface area contributed by atoms with E-state index in [4.69, 9.17) is 9.26 Å². The smallest absolute Gasteiger partial charge is 0.276 e. The Morgan fingerprint density at radius 1 is 1.61 bits per heavy atom. The van der Waals surface area contributed by atoms with Gasteiger partial charge in [0.05, 0.1) is 19.3 Å². The molecule has 6 heteroatoms. The molecule has 0 saturated carbocycles. The number of morpholine rings is 1. The van der Waals surface area contributed by atoms with Crippen LogP contribution in [0, 0.1) is 6.92 Å². The molecule has 0 aliphatic carbocycles. The summed E-state index contributed by atoms with van der Waals surface area (Å²) in [5, 5.41) is 3.78.